The van der Waals surface area contributed by atoms with E-state index < -0.39 is 0 Å². The Morgan fingerprint density at radius 1 is 1.41 bits per heavy atom. The number of methoxy groups -OCH3 is 1. The van der Waals surface area contributed by atoms with Crippen LogP contribution in [0.2, 0.25) is 0 Å². The third-order valence-corrected chi connectivity index (χ3v) is 3.75. The molecule has 1 aromatic rings. The first-order valence-corrected chi connectivity index (χ1v) is 5.57. The molecule has 0 bridgehead atoms. The van der Waals surface area contributed by atoms with Gasteiger partial charge in [-0.25, -0.2) is 0 Å². The van der Waals surface area contributed by atoms with Gasteiger partial charge in [-0.05, 0) is 23.3 Å². The van der Waals surface area contributed by atoms with Gasteiger partial charge in [0, 0.05) is 25.0 Å². The third-order valence-electron chi connectivity index (χ3n) is 3.75. The van der Waals surface area contributed by atoms with Crippen molar-refractivity contribution in [2.24, 2.45) is 5.73 Å². The van der Waals surface area contributed by atoms with Gasteiger partial charge >= 0.3 is 0 Å². The lowest BCUT2D eigenvalue weighted by molar-refractivity contribution is 0.0505. The Morgan fingerprint density at radius 2 is 2.06 bits per heavy atom. The first-order valence-electron chi connectivity index (χ1n) is 5.57. The number of fused-ring (bicyclic) bond motifs is 1. The lowest BCUT2D eigenvalue weighted by atomic mass is 9.68. The molecule has 0 saturated carbocycles. The zero-order valence-corrected chi connectivity index (χ0v) is 11.3. The van der Waals surface area contributed by atoms with Crippen molar-refractivity contribution < 1.29 is 9.84 Å². The fraction of sp³-hybridized carbons (Fsp3) is 0.538. The van der Waals surface area contributed by atoms with Crippen LogP contribution in [-0.2, 0) is 16.6 Å². The van der Waals surface area contributed by atoms with Gasteiger partial charge in [0.1, 0.15) is 5.75 Å². The molecule has 1 aliphatic carbocycles. The Balaban J connectivity index is 0.00000144. The number of phenolic OH excluding ortho intramolecular Hbond substituents is 1. The summed E-state index contributed by atoms with van der Waals surface area (Å²) in [6, 6.07) is 5.45. The van der Waals surface area contributed by atoms with Crippen LogP contribution in [0.3, 0.4) is 0 Å². The molecule has 2 rings (SSSR count). The first kappa shape index (κ1) is 14.3. The largest absolute Gasteiger partial charge is 0.508 e. The molecule has 0 unspecified atom stereocenters. The molecule has 0 fully saturated rings. The molecular formula is C13H20ClNO2. The molecule has 2 atom stereocenters. The highest BCUT2D eigenvalue weighted by Crippen LogP contribution is 2.38. The van der Waals surface area contributed by atoms with Crippen LogP contribution in [0.15, 0.2) is 18.2 Å². The van der Waals surface area contributed by atoms with E-state index in [1.165, 1.54) is 5.56 Å². The molecular weight excluding hydrogens is 238 g/mol. The maximum atomic E-state index is 9.56. The highest BCUT2D eigenvalue weighted by Gasteiger charge is 2.40. The first-order chi connectivity index (χ1) is 7.46. The van der Waals surface area contributed by atoms with Crippen molar-refractivity contribution >= 4 is 12.4 Å². The van der Waals surface area contributed by atoms with E-state index in [9.17, 15) is 5.11 Å². The van der Waals surface area contributed by atoms with E-state index in [-0.39, 0.29) is 30.0 Å². The monoisotopic (exact) mass is 257 g/mol. The van der Waals surface area contributed by atoms with E-state index in [1.54, 1.807) is 13.2 Å². The summed E-state index contributed by atoms with van der Waals surface area (Å²) in [5.74, 6) is 0.301. The van der Waals surface area contributed by atoms with E-state index in [4.69, 9.17) is 10.5 Å². The summed E-state index contributed by atoms with van der Waals surface area (Å²) in [7, 11) is 1.70. The number of halogens is 1. The van der Waals surface area contributed by atoms with Crippen LogP contribution < -0.4 is 5.73 Å². The summed E-state index contributed by atoms with van der Waals surface area (Å²) >= 11 is 0. The van der Waals surface area contributed by atoms with Gasteiger partial charge in [0.05, 0.1) is 6.10 Å². The second-order valence-electron chi connectivity index (χ2n) is 5.07. The highest BCUT2D eigenvalue weighted by atomic mass is 35.5. The summed E-state index contributed by atoms with van der Waals surface area (Å²) in [5.41, 5.74) is 8.40. The molecule has 3 nitrogen and oxygen atoms in total. The molecule has 1 aliphatic rings. The van der Waals surface area contributed by atoms with Crippen LogP contribution in [0.5, 0.6) is 5.75 Å². The molecule has 1 aromatic carbocycles. The fourth-order valence-corrected chi connectivity index (χ4v) is 2.56. The maximum absolute atomic E-state index is 9.56. The molecule has 0 radical (unpaired) electrons. The number of hydrogen-bond donors (Lipinski definition) is 2. The summed E-state index contributed by atoms with van der Waals surface area (Å²) in [6.45, 7) is 4.20. The second kappa shape index (κ2) is 4.84. The van der Waals surface area contributed by atoms with Crippen molar-refractivity contribution in [3.63, 3.8) is 0 Å². The van der Waals surface area contributed by atoms with Gasteiger partial charge in [0.2, 0.25) is 0 Å². The Hall–Kier alpha value is -0.770. The second-order valence-corrected chi connectivity index (χ2v) is 5.07. The van der Waals surface area contributed by atoms with Gasteiger partial charge in [0.25, 0.3) is 0 Å². The molecule has 0 aliphatic heterocycles. The van der Waals surface area contributed by atoms with Crippen LogP contribution in [0, 0.1) is 0 Å². The zero-order valence-electron chi connectivity index (χ0n) is 10.4. The van der Waals surface area contributed by atoms with E-state index in [0.29, 0.717) is 5.75 Å². The average Bonchev–Trinajstić information content (AvgIpc) is 2.25. The molecule has 0 spiro atoms. The van der Waals surface area contributed by atoms with Crippen molar-refractivity contribution in [3.8, 4) is 5.75 Å². The van der Waals surface area contributed by atoms with Crippen molar-refractivity contribution in [2.45, 2.75) is 37.8 Å². The Bertz CT molecular complexity index is 406. The van der Waals surface area contributed by atoms with Crippen molar-refractivity contribution in [3.05, 3.63) is 29.3 Å². The topological polar surface area (TPSA) is 55.5 Å². The average molecular weight is 258 g/mol. The summed E-state index contributed by atoms with van der Waals surface area (Å²) in [4.78, 5) is 0. The number of ether oxygens (including phenoxy) is 1. The van der Waals surface area contributed by atoms with E-state index >= 15 is 0 Å². The van der Waals surface area contributed by atoms with Gasteiger partial charge in [-0.15, -0.1) is 12.4 Å². The fourth-order valence-electron chi connectivity index (χ4n) is 2.56. The molecule has 96 valence electrons. The summed E-state index contributed by atoms with van der Waals surface area (Å²) in [6.07, 6.45) is 0.864. The quantitative estimate of drug-likeness (QED) is 0.809. The van der Waals surface area contributed by atoms with Gasteiger partial charge in [-0.2, -0.15) is 0 Å². The van der Waals surface area contributed by atoms with Crippen LogP contribution >= 0.6 is 12.4 Å². The van der Waals surface area contributed by atoms with Crippen molar-refractivity contribution in [2.75, 3.05) is 7.11 Å². The molecule has 0 heterocycles. The van der Waals surface area contributed by atoms with E-state index in [2.05, 4.69) is 13.8 Å². The highest BCUT2D eigenvalue weighted by molar-refractivity contribution is 5.85. The van der Waals surface area contributed by atoms with E-state index in [1.807, 2.05) is 12.1 Å². The van der Waals surface area contributed by atoms with E-state index in [0.717, 1.165) is 12.0 Å². The molecule has 4 heteroatoms. The van der Waals surface area contributed by atoms with Crippen LogP contribution in [-0.4, -0.2) is 24.4 Å². The van der Waals surface area contributed by atoms with Crippen LogP contribution in [0.1, 0.15) is 25.0 Å². The number of aromatic hydroxyl groups is 1. The molecule has 17 heavy (non-hydrogen) atoms. The SMILES string of the molecule is CO[C@H]1Cc2ccc(O)cc2C(C)(C)[C@@H]1N.Cl. The zero-order chi connectivity index (χ0) is 11.9. The van der Waals surface area contributed by atoms with Gasteiger partial charge in [-0.1, -0.05) is 19.9 Å². The number of phenols is 1. The minimum absolute atomic E-state index is 0. The lowest BCUT2D eigenvalue weighted by Crippen LogP contribution is -2.54. The number of hydrogen-bond acceptors (Lipinski definition) is 3. The van der Waals surface area contributed by atoms with Gasteiger partial charge in [0.15, 0.2) is 0 Å². The predicted molar refractivity (Wildman–Crippen MR) is 70.9 cm³/mol. The molecule has 0 aromatic heterocycles. The van der Waals surface area contributed by atoms with Gasteiger partial charge < -0.3 is 15.6 Å². The lowest BCUT2D eigenvalue weighted by Gasteiger charge is -2.42. The number of benzene rings is 1. The van der Waals surface area contributed by atoms with Crippen LogP contribution in [0.4, 0.5) is 0 Å². The minimum atomic E-state index is -0.174. The normalized spacial score (nSPS) is 25.9. The summed E-state index contributed by atoms with van der Waals surface area (Å²) in [5, 5.41) is 9.56. The third kappa shape index (κ3) is 2.28. The Kier molecular flexibility index (Phi) is 4.07. The van der Waals surface area contributed by atoms with Crippen molar-refractivity contribution in [1.82, 2.24) is 0 Å². The molecule has 0 amide bonds. The predicted octanol–water partition coefficient (Wildman–Crippen LogP) is 1.99. The minimum Gasteiger partial charge on any atom is -0.508 e. The van der Waals surface area contributed by atoms with Crippen LogP contribution in [0.25, 0.3) is 0 Å². The van der Waals surface area contributed by atoms with Crippen molar-refractivity contribution in [1.29, 1.82) is 0 Å². The Morgan fingerprint density at radius 3 is 2.65 bits per heavy atom. The molecule has 3 N–H and O–H groups in total. The standard InChI is InChI=1S/C13H19NO2.ClH/c1-13(2)10-7-9(15)5-4-8(10)6-11(16-3)12(13)14;/h4-5,7,11-12,15H,6,14H2,1-3H3;1H/t11-,12+;/m0./s1. The molecule has 0 saturated heterocycles. The maximum Gasteiger partial charge on any atom is 0.115 e. The smallest absolute Gasteiger partial charge is 0.115 e. The number of nitrogens with two attached hydrogens (primary N) is 1. The summed E-state index contributed by atoms with van der Waals surface area (Å²) < 4.78 is 5.44. The number of rotatable bonds is 1. The van der Waals surface area contributed by atoms with Gasteiger partial charge in [-0.3, -0.25) is 0 Å². The Labute approximate surface area is 108 Å².